The molecular weight excluding hydrogens is 302 g/mol. The lowest BCUT2D eigenvalue weighted by Crippen LogP contribution is -2.24. The number of para-hydroxylation sites is 2. The molecule has 0 unspecified atom stereocenters. The molecule has 1 heterocycles. The van der Waals surface area contributed by atoms with Crippen LogP contribution in [0.3, 0.4) is 0 Å². The minimum atomic E-state index is -0.127. The molecule has 0 saturated carbocycles. The van der Waals surface area contributed by atoms with Gasteiger partial charge in [0.1, 0.15) is 11.6 Å². The Balaban J connectivity index is 1.67. The first-order valence-electron chi connectivity index (χ1n) is 8.00. The molecule has 3 aromatic rings. The Morgan fingerprint density at radius 3 is 2.54 bits per heavy atom. The van der Waals surface area contributed by atoms with Gasteiger partial charge in [0.15, 0.2) is 0 Å². The normalized spacial score (nSPS) is 11.0. The van der Waals surface area contributed by atoms with Crippen molar-refractivity contribution < 1.29 is 9.53 Å². The van der Waals surface area contributed by atoms with Crippen molar-refractivity contribution in [2.45, 2.75) is 26.5 Å². The number of ether oxygens (including phenoxy) is 1. The van der Waals surface area contributed by atoms with Crippen LogP contribution in [0.15, 0.2) is 48.5 Å². The first-order valence-corrected chi connectivity index (χ1v) is 8.00. The van der Waals surface area contributed by atoms with E-state index in [9.17, 15) is 4.79 Å². The molecule has 0 aliphatic carbocycles. The van der Waals surface area contributed by atoms with Crippen molar-refractivity contribution >= 4 is 16.9 Å². The average Bonchev–Trinajstić information content (AvgIpc) is 2.89. The molecule has 2 aromatic carbocycles. The Hall–Kier alpha value is -2.82. The van der Waals surface area contributed by atoms with Gasteiger partial charge in [-0.25, -0.2) is 4.98 Å². The number of imidazole rings is 1. The lowest BCUT2D eigenvalue weighted by molar-refractivity contribution is 0.0949. The zero-order valence-electron chi connectivity index (χ0n) is 14.1. The van der Waals surface area contributed by atoms with Crippen LogP contribution in [0, 0.1) is 0 Å². The number of nitrogens with one attached hydrogen (secondary N) is 1. The molecule has 124 valence electrons. The summed E-state index contributed by atoms with van der Waals surface area (Å²) in [6.07, 6.45) is 0.113. The Kier molecular flexibility index (Phi) is 4.51. The molecule has 24 heavy (non-hydrogen) atoms. The fraction of sp³-hybridized carbons (Fsp3) is 0.263. The van der Waals surface area contributed by atoms with Gasteiger partial charge < -0.3 is 14.6 Å². The Morgan fingerprint density at radius 1 is 1.17 bits per heavy atom. The van der Waals surface area contributed by atoms with Crippen LogP contribution < -0.4 is 10.1 Å². The summed E-state index contributed by atoms with van der Waals surface area (Å²) in [5.41, 5.74) is 2.58. The number of benzene rings is 2. The van der Waals surface area contributed by atoms with Crippen molar-refractivity contribution in [1.29, 1.82) is 0 Å². The third kappa shape index (κ3) is 3.40. The van der Waals surface area contributed by atoms with Gasteiger partial charge in [0.05, 0.1) is 23.7 Å². The fourth-order valence-corrected chi connectivity index (χ4v) is 2.57. The highest BCUT2D eigenvalue weighted by atomic mass is 16.5. The Bertz CT molecular complexity index is 851. The van der Waals surface area contributed by atoms with Crippen LogP contribution in [0.25, 0.3) is 11.0 Å². The number of rotatable bonds is 5. The van der Waals surface area contributed by atoms with E-state index in [2.05, 4.69) is 10.3 Å². The highest BCUT2D eigenvalue weighted by molar-refractivity contribution is 5.94. The highest BCUT2D eigenvalue weighted by Gasteiger charge is 2.10. The van der Waals surface area contributed by atoms with Gasteiger partial charge in [0.25, 0.3) is 5.91 Å². The topological polar surface area (TPSA) is 56.1 Å². The molecule has 0 radical (unpaired) electrons. The molecule has 0 atom stereocenters. The van der Waals surface area contributed by atoms with Gasteiger partial charge in [-0.15, -0.1) is 0 Å². The maximum atomic E-state index is 12.3. The van der Waals surface area contributed by atoms with Crippen LogP contribution in [0.1, 0.15) is 30.0 Å². The molecule has 0 spiro atoms. The third-order valence-electron chi connectivity index (χ3n) is 3.78. The number of aromatic nitrogens is 2. The standard InChI is InChI=1S/C19H21N3O2/c1-13(2)24-15-10-8-14(9-11-15)19(23)20-12-18-21-16-6-4-5-7-17(16)22(18)3/h4-11,13H,12H2,1-3H3,(H,20,23). The summed E-state index contributed by atoms with van der Waals surface area (Å²) in [7, 11) is 1.95. The number of aryl methyl sites for hydroxylation is 1. The molecule has 0 bridgehead atoms. The molecule has 1 aromatic heterocycles. The highest BCUT2D eigenvalue weighted by Crippen LogP contribution is 2.15. The second kappa shape index (κ2) is 6.74. The number of hydrogen-bond donors (Lipinski definition) is 1. The summed E-state index contributed by atoms with van der Waals surface area (Å²) in [5, 5.41) is 2.91. The average molecular weight is 323 g/mol. The van der Waals surface area contributed by atoms with Crippen LogP contribution in [-0.4, -0.2) is 21.6 Å². The number of fused-ring (bicyclic) bond motifs is 1. The number of nitrogens with zero attached hydrogens (tertiary/aromatic N) is 2. The summed E-state index contributed by atoms with van der Waals surface area (Å²) in [6.45, 7) is 4.32. The third-order valence-corrected chi connectivity index (χ3v) is 3.78. The first kappa shape index (κ1) is 16.1. The predicted octanol–water partition coefficient (Wildman–Crippen LogP) is 3.29. The van der Waals surface area contributed by atoms with E-state index in [-0.39, 0.29) is 12.0 Å². The van der Waals surface area contributed by atoms with Gasteiger partial charge in [0, 0.05) is 12.6 Å². The van der Waals surface area contributed by atoms with Crippen LogP contribution >= 0.6 is 0 Å². The van der Waals surface area contributed by atoms with Gasteiger partial charge in [-0.05, 0) is 50.2 Å². The smallest absolute Gasteiger partial charge is 0.251 e. The summed E-state index contributed by atoms with van der Waals surface area (Å²) in [5.74, 6) is 1.46. The van der Waals surface area contributed by atoms with Gasteiger partial charge in [-0.1, -0.05) is 12.1 Å². The van der Waals surface area contributed by atoms with Gasteiger partial charge in [-0.3, -0.25) is 4.79 Å². The first-order chi connectivity index (χ1) is 11.5. The van der Waals surface area contributed by atoms with E-state index in [4.69, 9.17) is 4.74 Å². The second-order valence-corrected chi connectivity index (χ2v) is 5.95. The number of carbonyl (C=O) groups excluding carboxylic acids is 1. The van der Waals surface area contributed by atoms with E-state index < -0.39 is 0 Å². The lowest BCUT2D eigenvalue weighted by atomic mass is 10.2. The number of amides is 1. The molecule has 0 fully saturated rings. The van der Waals surface area contributed by atoms with E-state index in [1.807, 2.05) is 61.9 Å². The van der Waals surface area contributed by atoms with Crippen molar-refractivity contribution in [1.82, 2.24) is 14.9 Å². The zero-order chi connectivity index (χ0) is 17.1. The van der Waals surface area contributed by atoms with E-state index >= 15 is 0 Å². The predicted molar refractivity (Wildman–Crippen MR) is 94.1 cm³/mol. The summed E-state index contributed by atoms with van der Waals surface area (Å²) in [4.78, 5) is 16.8. The molecule has 0 saturated heterocycles. The van der Waals surface area contributed by atoms with Crippen molar-refractivity contribution in [2.24, 2.45) is 7.05 Å². The van der Waals surface area contributed by atoms with Crippen LogP contribution in [0.5, 0.6) is 5.75 Å². The quantitative estimate of drug-likeness (QED) is 0.784. The molecule has 1 N–H and O–H groups in total. The van der Waals surface area contributed by atoms with Gasteiger partial charge >= 0.3 is 0 Å². The molecule has 5 nitrogen and oxygen atoms in total. The van der Waals surface area contributed by atoms with Crippen molar-refractivity contribution in [3.05, 3.63) is 59.9 Å². The van der Waals surface area contributed by atoms with E-state index in [0.717, 1.165) is 22.6 Å². The van der Waals surface area contributed by atoms with E-state index in [0.29, 0.717) is 12.1 Å². The molecular formula is C19H21N3O2. The fourth-order valence-electron chi connectivity index (χ4n) is 2.57. The summed E-state index contributed by atoms with van der Waals surface area (Å²) >= 11 is 0. The van der Waals surface area contributed by atoms with Gasteiger partial charge in [-0.2, -0.15) is 0 Å². The second-order valence-electron chi connectivity index (χ2n) is 5.95. The monoisotopic (exact) mass is 323 g/mol. The van der Waals surface area contributed by atoms with Gasteiger partial charge in [0.2, 0.25) is 0 Å². The minimum absolute atomic E-state index is 0.113. The van der Waals surface area contributed by atoms with Crippen LogP contribution in [0.2, 0.25) is 0 Å². The largest absolute Gasteiger partial charge is 0.491 e. The van der Waals surface area contributed by atoms with Crippen LogP contribution in [-0.2, 0) is 13.6 Å². The molecule has 0 aliphatic heterocycles. The molecule has 3 rings (SSSR count). The molecule has 1 amide bonds. The van der Waals surface area contributed by atoms with E-state index in [1.165, 1.54) is 0 Å². The summed E-state index contributed by atoms with van der Waals surface area (Å²) < 4.78 is 7.58. The zero-order valence-corrected chi connectivity index (χ0v) is 14.1. The lowest BCUT2D eigenvalue weighted by Gasteiger charge is -2.10. The molecule has 0 aliphatic rings. The minimum Gasteiger partial charge on any atom is -0.491 e. The Morgan fingerprint density at radius 2 is 1.88 bits per heavy atom. The number of hydrogen-bond acceptors (Lipinski definition) is 3. The van der Waals surface area contributed by atoms with Crippen molar-refractivity contribution in [3.63, 3.8) is 0 Å². The Labute approximate surface area is 141 Å². The van der Waals surface area contributed by atoms with E-state index in [1.54, 1.807) is 12.1 Å². The maximum Gasteiger partial charge on any atom is 0.251 e. The maximum absolute atomic E-state index is 12.3. The van der Waals surface area contributed by atoms with Crippen LogP contribution in [0.4, 0.5) is 0 Å². The number of carbonyl (C=O) groups is 1. The SMILES string of the molecule is CC(C)Oc1ccc(C(=O)NCc2nc3ccccc3n2C)cc1. The van der Waals surface area contributed by atoms with Crippen molar-refractivity contribution in [2.75, 3.05) is 0 Å². The van der Waals surface area contributed by atoms with Crippen molar-refractivity contribution in [3.8, 4) is 5.75 Å². The summed E-state index contributed by atoms with van der Waals surface area (Å²) in [6, 6.07) is 15.1. The molecule has 5 heteroatoms.